The van der Waals surface area contributed by atoms with Gasteiger partial charge >= 0.3 is 0 Å². The lowest BCUT2D eigenvalue weighted by atomic mass is 10.1. The Balaban J connectivity index is 0.00000261. The molecule has 27 heavy (non-hydrogen) atoms. The third-order valence-electron chi connectivity index (χ3n) is 4.43. The van der Waals surface area contributed by atoms with Gasteiger partial charge in [0, 0.05) is 37.8 Å². The van der Waals surface area contributed by atoms with Crippen molar-refractivity contribution in [2.45, 2.75) is 25.6 Å². The van der Waals surface area contributed by atoms with E-state index in [1.54, 1.807) is 24.6 Å². The Morgan fingerprint density at radius 3 is 2.93 bits per heavy atom. The molecule has 3 rings (SSSR count). The van der Waals surface area contributed by atoms with Gasteiger partial charge in [0.25, 0.3) is 0 Å². The average Bonchev–Trinajstić information content (AvgIpc) is 3.20. The van der Waals surface area contributed by atoms with Crippen LogP contribution < -0.4 is 10.6 Å². The fourth-order valence-corrected chi connectivity index (χ4v) is 3.97. The van der Waals surface area contributed by atoms with Crippen LogP contribution in [0.1, 0.15) is 23.5 Å². The predicted octanol–water partition coefficient (Wildman–Crippen LogP) is 2.89. The quantitative estimate of drug-likeness (QED) is 0.362. The molecule has 1 aliphatic rings. The van der Waals surface area contributed by atoms with Gasteiger partial charge in [-0.2, -0.15) is 0 Å². The van der Waals surface area contributed by atoms with E-state index in [4.69, 9.17) is 4.74 Å². The minimum absolute atomic E-state index is 0. The minimum Gasteiger partial charge on any atom is -0.376 e. The molecule has 2 N–H and O–H groups in total. The summed E-state index contributed by atoms with van der Waals surface area (Å²) in [5, 5.41) is 8.95. The van der Waals surface area contributed by atoms with Crippen LogP contribution in [0.4, 0.5) is 0 Å². The number of nitrogens with one attached hydrogen (secondary N) is 2. The third kappa shape index (κ3) is 6.70. The van der Waals surface area contributed by atoms with Crippen molar-refractivity contribution in [1.29, 1.82) is 0 Å². The van der Waals surface area contributed by atoms with Crippen LogP contribution in [0.5, 0.6) is 0 Å². The standard InChI is InChI=1S/C19H27N5OS.HI/c1-15-14-24(9-10-25-15)17(18-7-5-11-26-18)13-23-19(20-2)22-12-16-6-3-4-8-21-16;/h3-8,11,15,17H,9-10,12-14H2,1-2H3,(H2,20,22,23);1H. The van der Waals surface area contributed by atoms with Crippen LogP contribution in [0.25, 0.3) is 0 Å². The van der Waals surface area contributed by atoms with Gasteiger partial charge in [-0.15, -0.1) is 35.3 Å². The van der Waals surface area contributed by atoms with Crippen molar-refractivity contribution in [3.8, 4) is 0 Å². The molecule has 1 saturated heterocycles. The van der Waals surface area contributed by atoms with Crippen molar-refractivity contribution < 1.29 is 4.74 Å². The van der Waals surface area contributed by atoms with E-state index in [9.17, 15) is 0 Å². The number of morpholine rings is 1. The monoisotopic (exact) mass is 501 g/mol. The molecule has 0 spiro atoms. The number of rotatable bonds is 6. The van der Waals surface area contributed by atoms with Crippen molar-refractivity contribution in [3.63, 3.8) is 0 Å². The van der Waals surface area contributed by atoms with Crippen LogP contribution in [-0.4, -0.2) is 55.2 Å². The van der Waals surface area contributed by atoms with Gasteiger partial charge in [-0.3, -0.25) is 14.9 Å². The molecule has 3 heterocycles. The van der Waals surface area contributed by atoms with Gasteiger partial charge in [-0.05, 0) is 30.5 Å². The van der Waals surface area contributed by atoms with Gasteiger partial charge in [-0.1, -0.05) is 12.1 Å². The first-order chi connectivity index (χ1) is 12.8. The normalized spacial score (nSPS) is 19.2. The molecule has 0 amide bonds. The zero-order valence-electron chi connectivity index (χ0n) is 15.8. The van der Waals surface area contributed by atoms with Gasteiger partial charge in [0.05, 0.1) is 31.0 Å². The number of pyridine rings is 1. The molecule has 1 fully saturated rings. The Labute approximate surface area is 182 Å². The molecule has 8 heteroatoms. The maximum absolute atomic E-state index is 5.71. The SMILES string of the molecule is CN=C(NCc1ccccn1)NCC(c1cccs1)N1CCOC(C)C1.I. The van der Waals surface area contributed by atoms with Gasteiger partial charge in [-0.25, -0.2) is 0 Å². The van der Waals surface area contributed by atoms with E-state index in [1.807, 2.05) is 18.2 Å². The molecule has 0 saturated carbocycles. The molecular formula is C19H28IN5OS. The van der Waals surface area contributed by atoms with Crippen molar-refractivity contribution >= 4 is 41.3 Å². The molecular weight excluding hydrogens is 473 g/mol. The van der Waals surface area contributed by atoms with Crippen molar-refractivity contribution in [2.75, 3.05) is 33.3 Å². The number of ether oxygens (including phenoxy) is 1. The number of hydrogen-bond acceptors (Lipinski definition) is 5. The van der Waals surface area contributed by atoms with Crippen LogP contribution in [0.3, 0.4) is 0 Å². The number of nitrogens with zero attached hydrogens (tertiary/aromatic N) is 3. The fourth-order valence-electron chi connectivity index (χ4n) is 3.11. The average molecular weight is 501 g/mol. The highest BCUT2D eigenvalue weighted by molar-refractivity contribution is 14.0. The zero-order chi connectivity index (χ0) is 18.2. The Kier molecular flexibility index (Phi) is 9.46. The molecule has 0 aliphatic carbocycles. The smallest absolute Gasteiger partial charge is 0.191 e. The third-order valence-corrected chi connectivity index (χ3v) is 5.41. The largest absolute Gasteiger partial charge is 0.376 e. The van der Waals surface area contributed by atoms with E-state index in [0.29, 0.717) is 12.6 Å². The Morgan fingerprint density at radius 1 is 1.37 bits per heavy atom. The van der Waals surface area contributed by atoms with E-state index in [2.05, 4.69) is 49.9 Å². The summed E-state index contributed by atoms with van der Waals surface area (Å²) in [6, 6.07) is 10.6. The van der Waals surface area contributed by atoms with E-state index in [-0.39, 0.29) is 30.1 Å². The molecule has 2 aromatic heterocycles. The lowest BCUT2D eigenvalue weighted by Gasteiger charge is -2.37. The summed E-state index contributed by atoms with van der Waals surface area (Å²) in [5.74, 6) is 0.790. The van der Waals surface area contributed by atoms with Crippen LogP contribution >= 0.6 is 35.3 Å². The Bertz CT molecular complexity index is 683. The van der Waals surface area contributed by atoms with Gasteiger partial charge in [0.2, 0.25) is 0 Å². The maximum Gasteiger partial charge on any atom is 0.191 e. The second-order valence-corrected chi connectivity index (χ2v) is 7.31. The fraction of sp³-hybridized carbons (Fsp3) is 0.474. The second kappa shape index (κ2) is 11.6. The van der Waals surface area contributed by atoms with Crippen LogP contribution in [0, 0.1) is 0 Å². The molecule has 1 aliphatic heterocycles. The maximum atomic E-state index is 5.71. The van der Waals surface area contributed by atoms with Gasteiger partial charge in [0.1, 0.15) is 0 Å². The van der Waals surface area contributed by atoms with Crippen LogP contribution in [0.15, 0.2) is 46.9 Å². The molecule has 2 atom stereocenters. The Hall–Kier alpha value is -1.23. The Morgan fingerprint density at radius 2 is 2.26 bits per heavy atom. The van der Waals surface area contributed by atoms with Crippen molar-refractivity contribution in [1.82, 2.24) is 20.5 Å². The van der Waals surface area contributed by atoms with E-state index in [0.717, 1.165) is 37.9 Å². The summed E-state index contributed by atoms with van der Waals surface area (Å²) < 4.78 is 5.71. The zero-order valence-corrected chi connectivity index (χ0v) is 18.9. The number of halogens is 1. The molecule has 2 unspecified atom stereocenters. The number of aromatic nitrogens is 1. The molecule has 0 radical (unpaired) electrons. The lowest BCUT2D eigenvalue weighted by Crippen LogP contribution is -2.48. The predicted molar refractivity (Wildman–Crippen MR) is 122 cm³/mol. The van der Waals surface area contributed by atoms with E-state index >= 15 is 0 Å². The highest BCUT2D eigenvalue weighted by atomic mass is 127. The number of thiophene rings is 1. The van der Waals surface area contributed by atoms with Crippen LogP contribution in [0.2, 0.25) is 0 Å². The number of aliphatic imine (C=N–C) groups is 1. The minimum atomic E-state index is 0. The van der Waals surface area contributed by atoms with Gasteiger partial charge < -0.3 is 15.4 Å². The van der Waals surface area contributed by atoms with E-state index < -0.39 is 0 Å². The number of guanidine groups is 1. The summed E-state index contributed by atoms with van der Waals surface area (Å²) >= 11 is 1.80. The van der Waals surface area contributed by atoms with Gasteiger partial charge in [0.15, 0.2) is 5.96 Å². The second-order valence-electron chi connectivity index (χ2n) is 6.34. The molecule has 6 nitrogen and oxygen atoms in total. The first kappa shape index (κ1) is 22.1. The summed E-state index contributed by atoms with van der Waals surface area (Å²) in [7, 11) is 1.80. The first-order valence-corrected chi connectivity index (χ1v) is 9.87. The van der Waals surface area contributed by atoms with Crippen LogP contribution in [-0.2, 0) is 11.3 Å². The highest BCUT2D eigenvalue weighted by Gasteiger charge is 2.26. The topological polar surface area (TPSA) is 61.8 Å². The summed E-state index contributed by atoms with van der Waals surface area (Å²) in [6.07, 6.45) is 2.08. The summed E-state index contributed by atoms with van der Waals surface area (Å²) in [5.41, 5.74) is 0.993. The molecule has 0 aromatic carbocycles. The van der Waals surface area contributed by atoms with Crippen molar-refractivity contribution in [2.24, 2.45) is 4.99 Å². The summed E-state index contributed by atoms with van der Waals surface area (Å²) in [6.45, 7) is 6.28. The summed E-state index contributed by atoms with van der Waals surface area (Å²) in [4.78, 5) is 12.5. The lowest BCUT2D eigenvalue weighted by molar-refractivity contribution is -0.0334. The molecule has 2 aromatic rings. The highest BCUT2D eigenvalue weighted by Crippen LogP contribution is 2.26. The molecule has 0 bridgehead atoms. The molecule has 148 valence electrons. The van der Waals surface area contributed by atoms with E-state index in [1.165, 1.54) is 4.88 Å². The number of hydrogen-bond donors (Lipinski definition) is 2. The first-order valence-electron chi connectivity index (χ1n) is 8.99. The van der Waals surface area contributed by atoms with Crippen molar-refractivity contribution in [3.05, 3.63) is 52.5 Å².